The molecular formula is C15H11BrN8O. The number of phenolic OH excluding ortho intramolecular Hbond substituents is 1. The molecule has 1 atom stereocenters. The number of guanidine groups is 1. The molecule has 25 heavy (non-hydrogen) atoms. The number of nitrogens with one attached hydrogen (secondary N) is 2. The van der Waals surface area contributed by atoms with Crippen LogP contribution in [0, 0.1) is 22.8 Å². The van der Waals surface area contributed by atoms with Crippen LogP contribution in [-0.4, -0.2) is 16.1 Å². The molecule has 0 fully saturated rings. The quantitative estimate of drug-likeness (QED) is 0.355. The molecule has 3 rings (SSSR count). The van der Waals surface area contributed by atoms with Gasteiger partial charge in [0.25, 0.3) is 0 Å². The van der Waals surface area contributed by atoms with Gasteiger partial charge in [0, 0.05) is 5.56 Å². The van der Waals surface area contributed by atoms with Gasteiger partial charge in [-0.05, 0) is 33.6 Å². The van der Waals surface area contributed by atoms with Crippen LogP contribution in [0.1, 0.15) is 22.7 Å². The summed E-state index contributed by atoms with van der Waals surface area (Å²) >= 11 is 3.26. The molecule has 1 aliphatic heterocycles. The van der Waals surface area contributed by atoms with Crippen LogP contribution in [0.4, 0.5) is 17.3 Å². The molecule has 1 aliphatic rings. The zero-order valence-electron chi connectivity index (χ0n) is 12.6. The Labute approximate surface area is 150 Å². The predicted octanol–water partition coefficient (Wildman–Crippen LogP) is 1.53. The van der Waals surface area contributed by atoms with Gasteiger partial charge in [-0.1, -0.05) is 6.07 Å². The molecule has 2 heterocycles. The lowest BCUT2D eigenvalue weighted by molar-refractivity contribution is 0.471. The molecule has 9 nitrogen and oxygen atoms in total. The number of hydrogen-bond donors (Lipinski definition) is 5. The molecule has 0 aliphatic carbocycles. The van der Waals surface area contributed by atoms with Gasteiger partial charge in [-0.3, -0.25) is 5.32 Å². The number of nitrogens with zero attached hydrogens (tertiary/aromatic N) is 4. The molecule has 1 unspecified atom stereocenters. The molecule has 0 saturated carbocycles. The number of nitrogen functional groups attached to an aromatic ring is 2. The lowest BCUT2D eigenvalue weighted by Gasteiger charge is -2.26. The normalized spacial score (nSPS) is 15.2. The Kier molecular flexibility index (Phi) is 4.05. The molecule has 1 aromatic carbocycles. The number of phenols is 1. The number of nitriles is 2. The fourth-order valence-corrected chi connectivity index (χ4v) is 2.91. The fraction of sp³-hybridized carbons (Fsp3) is 0.0667. The minimum atomic E-state index is -0.649. The van der Waals surface area contributed by atoms with E-state index in [4.69, 9.17) is 16.7 Å². The summed E-state index contributed by atoms with van der Waals surface area (Å²) in [5.74, 6) is 0.518. The van der Waals surface area contributed by atoms with Crippen molar-refractivity contribution in [2.24, 2.45) is 4.99 Å². The lowest BCUT2D eigenvalue weighted by Crippen LogP contribution is -2.32. The van der Waals surface area contributed by atoms with Gasteiger partial charge in [-0.25, -0.2) is 9.98 Å². The molecule has 0 bridgehead atoms. The Morgan fingerprint density at radius 2 is 2.08 bits per heavy atom. The largest absolute Gasteiger partial charge is 0.507 e. The van der Waals surface area contributed by atoms with Gasteiger partial charge < -0.3 is 21.9 Å². The third kappa shape index (κ3) is 2.75. The first kappa shape index (κ1) is 16.4. The molecule has 0 saturated heterocycles. The molecule has 10 heteroatoms. The number of rotatable bonds is 1. The van der Waals surface area contributed by atoms with Crippen LogP contribution < -0.4 is 22.1 Å². The summed E-state index contributed by atoms with van der Waals surface area (Å²) in [5.41, 5.74) is 13.3. The van der Waals surface area contributed by atoms with E-state index < -0.39 is 6.04 Å². The summed E-state index contributed by atoms with van der Waals surface area (Å²) in [7, 11) is 0. The number of halogens is 1. The Morgan fingerprint density at radius 1 is 1.32 bits per heavy atom. The third-order valence-electron chi connectivity index (χ3n) is 3.65. The van der Waals surface area contributed by atoms with Gasteiger partial charge >= 0.3 is 0 Å². The van der Waals surface area contributed by atoms with Crippen molar-refractivity contribution >= 4 is 39.2 Å². The number of aliphatic imine (C=N–C) groups is 1. The van der Waals surface area contributed by atoms with Crippen LogP contribution in [0.5, 0.6) is 5.75 Å². The summed E-state index contributed by atoms with van der Waals surface area (Å²) < 4.78 is 0.470. The van der Waals surface area contributed by atoms with E-state index in [9.17, 15) is 10.4 Å². The van der Waals surface area contributed by atoms with Crippen molar-refractivity contribution in [2.45, 2.75) is 6.04 Å². The van der Waals surface area contributed by atoms with E-state index in [1.165, 1.54) is 6.07 Å². The predicted molar refractivity (Wildman–Crippen MR) is 95.2 cm³/mol. The molecule has 0 radical (unpaired) electrons. The molecule has 124 valence electrons. The number of pyridine rings is 1. The standard InChI is InChI=1S/C15H11BrN8O/c16-8-3-6(1-2-9(8)25)12-10-11(19)7(4-17)13(20)23-14(10)24-15(22-12)21-5-18/h1-3,12,25H,(H6,19,20,21,22,23,24). The highest BCUT2D eigenvalue weighted by Crippen LogP contribution is 2.41. The van der Waals surface area contributed by atoms with Crippen molar-refractivity contribution in [1.29, 1.82) is 10.5 Å². The average Bonchev–Trinajstić information content (AvgIpc) is 2.57. The van der Waals surface area contributed by atoms with Crippen molar-refractivity contribution < 1.29 is 5.11 Å². The molecular weight excluding hydrogens is 388 g/mol. The van der Waals surface area contributed by atoms with Crippen LogP contribution in [0.25, 0.3) is 0 Å². The van der Waals surface area contributed by atoms with E-state index >= 15 is 0 Å². The van der Waals surface area contributed by atoms with E-state index in [0.29, 0.717) is 21.4 Å². The minimum absolute atomic E-state index is 0.0184. The number of nitrogens with two attached hydrogens (primary N) is 2. The second-order valence-corrected chi connectivity index (χ2v) is 5.97. The van der Waals surface area contributed by atoms with E-state index in [1.807, 2.05) is 6.07 Å². The van der Waals surface area contributed by atoms with Gasteiger partial charge in [-0.15, -0.1) is 0 Å². The number of aromatic nitrogens is 1. The number of benzene rings is 1. The second-order valence-electron chi connectivity index (χ2n) is 5.11. The van der Waals surface area contributed by atoms with E-state index in [2.05, 4.69) is 36.5 Å². The summed E-state index contributed by atoms with van der Waals surface area (Å²) in [6, 6.07) is 6.12. The number of hydrogen-bond acceptors (Lipinski definition) is 9. The summed E-state index contributed by atoms with van der Waals surface area (Å²) in [4.78, 5) is 8.59. The van der Waals surface area contributed by atoms with Crippen molar-refractivity contribution in [1.82, 2.24) is 10.3 Å². The van der Waals surface area contributed by atoms with E-state index in [1.54, 1.807) is 18.3 Å². The maximum atomic E-state index is 9.70. The molecule has 0 spiro atoms. The van der Waals surface area contributed by atoms with Crippen molar-refractivity contribution in [3.8, 4) is 18.0 Å². The Morgan fingerprint density at radius 3 is 2.72 bits per heavy atom. The van der Waals surface area contributed by atoms with Gasteiger partial charge in [-0.2, -0.15) is 10.5 Å². The zero-order valence-corrected chi connectivity index (χ0v) is 14.2. The first-order valence-electron chi connectivity index (χ1n) is 6.93. The number of anilines is 3. The Hall–Kier alpha value is -3.50. The fourth-order valence-electron chi connectivity index (χ4n) is 2.52. The molecule has 2 aromatic rings. The van der Waals surface area contributed by atoms with Gasteiger partial charge in [0.15, 0.2) is 6.19 Å². The Bertz CT molecular complexity index is 988. The van der Waals surface area contributed by atoms with Crippen molar-refractivity contribution in [3.05, 3.63) is 39.4 Å². The van der Waals surface area contributed by atoms with E-state index in [-0.39, 0.29) is 28.8 Å². The first-order chi connectivity index (χ1) is 12.0. The van der Waals surface area contributed by atoms with Crippen LogP contribution in [0.3, 0.4) is 0 Å². The van der Waals surface area contributed by atoms with Gasteiger partial charge in [0.1, 0.15) is 35.1 Å². The van der Waals surface area contributed by atoms with Crippen LogP contribution in [0.2, 0.25) is 0 Å². The second kappa shape index (κ2) is 6.19. The summed E-state index contributed by atoms with van der Waals surface area (Å²) in [6.45, 7) is 0. The van der Waals surface area contributed by atoms with Crippen LogP contribution in [0.15, 0.2) is 27.7 Å². The molecule has 7 N–H and O–H groups in total. The van der Waals surface area contributed by atoms with Crippen molar-refractivity contribution in [3.63, 3.8) is 0 Å². The monoisotopic (exact) mass is 398 g/mol. The highest BCUT2D eigenvalue weighted by atomic mass is 79.9. The number of aromatic hydroxyl groups is 1. The minimum Gasteiger partial charge on any atom is -0.507 e. The van der Waals surface area contributed by atoms with Crippen LogP contribution >= 0.6 is 15.9 Å². The molecule has 1 aromatic heterocycles. The summed E-state index contributed by atoms with van der Waals surface area (Å²) in [5, 5.41) is 33.1. The third-order valence-corrected chi connectivity index (χ3v) is 4.28. The van der Waals surface area contributed by atoms with Crippen LogP contribution in [-0.2, 0) is 0 Å². The maximum absolute atomic E-state index is 9.70. The average molecular weight is 399 g/mol. The lowest BCUT2D eigenvalue weighted by atomic mass is 9.95. The molecule has 0 amide bonds. The summed E-state index contributed by atoms with van der Waals surface area (Å²) in [6.07, 6.45) is 1.78. The highest BCUT2D eigenvalue weighted by Gasteiger charge is 2.29. The topological polar surface area (TPSA) is 169 Å². The van der Waals surface area contributed by atoms with Crippen molar-refractivity contribution in [2.75, 3.05) is 16.8 Å². The SMILES string of the molecule is N#CNC1=NC(c2ccc(O)c(Br)c2)c2c(nc(N)c(C#N)c2N)N1. The Balaban J connectivity index is 2.25. The van der Waals surface area contributed by atoms with E-state index in [0.717, 1.165) is 0 Å². The van der Waals surface area contributed by atoms with Gasteiger partial charge in [0.05, 0.1) is 10.2 Å². The number of fused-ring (bicyclic) bond motifs is 1. The van der Waals surface area contributed by atoms with Gasteiger partial charge in [0.2, 0.25) is 5.96 Å². The first-order valence-corrected chi connectivity index (χ1v) is 7.72. The zero-order chi connectivity index (χ0) is 18.1. The smallest absolute Gasteiger partial charge is 0.211 e. The maximum Gasteiger partial charge on any atom is 0.211 e. The highest BCUT2D eigenvalue weighted by molar-refractivity contribution is 9.10.